The Labute approximate surface area is 189 Å². The zero-order valence-electron chi connectivity index (χ0n) is 19.0. The quantitative estimate of drug-likeness (QED) is 0.379. The van der Waals surface area contributed by atoms with Crippen molar-refractivity contribution < 1.29 is 4.74 Å². The van der Waals surface area contributed by atoms with Crippen molar-refractivity contribution in [3.63, 3.8) is 0 Å². The van der Waals surface area contributed by atoms with E-state index >= 15 is 0 Å². The minimum absolute atomic E-state index is 0.384. The fourth-order valence-corrected chi connectivity index (χ4v) is 3.60. The average Bonchev–Trinajstić information content (AvgIpc) is 2.83. The summed E-state index contributed by atoms with van der Waals surface area (Å²) in [4.78, 5) is 13.8. The number of hydrogen-bond acceptors (Lipinski definition) is 5. The van der Waals surface area contributed by atoms with E-state index in [1.165, 1.54) is 5.56 Å². The third-order valence-corrected chi connectivity index (χ3v) is 5.42. The fourth-order valence-electron chi connectivity index (χ4n) is 3.60. The first-order valence-electron chi connectivity index (χ1n) is 10.8. The predicted molar refractivity (Wildman–Crippen MR) is 130 cm³/mol. The molecule has 0 saturated carbocycles. The number of rotatable bonds is 7. The number of aromatic nitrogens is 3. The van der Waals surface area contributed by atoms with Crippen LogP contribution in [0.4, 0.5) is 5.82 Å². The standard InChI is InChI=1S/C27H28N4O/c1-18(2)22-7-5-6-8-23(22)26-30-17-25(32-4)27(31-26)29-16-20-10-12-21(13-11-20)24-14-9-19(3)15-28-24/h5-15,17-18H,16H2,1-4H3,(H,29,30,31). The SMILES string of the molecule is COc1cnc(-c2ccccc2C(C)C)nc1NCc1ccc(-c2ccc(C)cn2)cc1. The number of hydrogen-bond donors (Lipinski definition) is 1. The number of nitrogens with one attached hydrogen (secondary N) is 1. The van der Waals surface area contributed by atoms with E-state index in [1.807, 2.05) is 25.3 Å². The monoisotopic (exact) mass is 424 g/mol. The second-order valence-electron chi connectivity index (χ2n) is 8.12. The van der Waals surface area contributed by atoms with Crippen LogP contribution in [0, 0.1) is 6.92 Å². The molecule has 0 unspecified atom stereocenters. The molecule has 0 amide bonds. The maximum absolute atomic E-state index is 5.49. The van der Waals surface area contributed by atoms with Crippen molar-refractivity contribution >= 4 is 5.82 Å². The summed E-state index contributed by atoms with van der Waals surface area (Å²) >= 11 is 0. The predicted octanol–water partition coefficient (Wildman–Crippen LogP) is 6.26. The summed E-state index contributed by atoms with van der Waals surface area (Å²) in [7, 11) is 1.63. The molecule has 2 aromatic carbocycles. The molecule has 0 atom stereocenters. The zero-order valence-corrected chi connectivity index (χ0v) is 19.0. The lowest BCUT2D eigenvalue weighted by molar-refractivity contribution is 0.413. The Morgan fingerprint density at radius 3 is 2.38 bits per heavy atom. The molecule has 0 bridgehead atoms. The van der Waals surface area contributed by atoms with Gasteiger partial charge in [0.05, 0.1) is 19.0 Å². The molecule has 2 aromatic heterocycles. The van der Waals surface area contributed by atoms with Crippen LogP contribution in [0.3, 0.4) is 0 Å². The number of pyridine rings is 1. The number of nitrogens with zero attached hydrogens (tertiary/aromatic N) is 3. The van der Waals surface area contributed by atoms with Crippen LogP contribution in [-0.4, -0.2) is 22.1 Å². The van der Waals surface area contributed by atoms with Crippen LogP contribution in [0.15, 0.2) is 73.1 Å². The van der Waals surface area contributed by atoms with Gasteiger partial charge in [-0.05, 0) is 35.6 Å². The molecule has 162 valence electrons. The summed E-state index contributed by atoms with van der Waals surface area (Å²) in [5.41, 5.74) is 6.64. The number of benzene rings is 2. The van der Waals surface area contributed by atoms with E-state index in [1.54, 1.807) is 13.3 Å². The van der Waals surface area contributed by atoms with Crippen LogP contribution >= 0.6 is 0 Å². The van der Waals surface area contributed by atoms with Crippen molar-refractivity contribution in [3.8, 4) is 28.4 Å². The molecule has 5 heteroatoms. The molecule has 0 aliphatic heterocycles. The minimum Gasteiger partial charge on any atom is -0.491 e. The topological polar surface area (TPSA) is 59.9 Å². The molecule has 32 heavy (non-hydrogen) atoms. The van der Waals surface area contributed by atoms with Gasteiger partial charge in [-0.1, -0.05) is 68.4 Å². The van der Waals surface area contributed by atoms with Crippen LogP contribution in [0.5, 0.6) is 5.75 Å². The third kappa shape index (κ3) is 4.78. The number of methoxy groups -OCH3 is 1. The van der Waals surface area contributed by atoms with Gasteiger partial charge in [0.25, 0.3) is 0 Å². The van der Waals surface area contributed by atoms with E-state index in [9.17, 15) is 0 Å². The first-order valence-corrected chi connectivity index (χ1v) is 10.8. The molecule has 1 N–H and O–H groups in total. The van der Waals surface area contributed by atoms with Crippen molar-refractivity contribution in [3.05, 3.63) is 89.7 Å². The van der Waals surface area contributed by atoms with Crippen molar-refractivity contribution in [2.45, 2.75) is 33.2 Å². The van der Waals surface area contributed by atoms with Gasteiger partial charge in [0, 0.05) is 23.9 Å². The van der Waals surface area contributed by atoms with Gasteiger partial charge in [0.2, 0.25) is 0 Å². The summed E-state index contributed by atoms with van der Waals surface area (Å²) in [6.07, 6.45) is 3.62. The van der Waals surface area contributed by atoms with Crippen molar-refractivity contribution in [1.82, 2.24) is 15.0 Å². The largest absolute Gasteiger partial charge is 0.491 e. The Morgan fingerprint density at radius 1 is 0.906 bits per heavy atom. The summed E-state index contributed by atoms with van der Waals surface area (Å²) in [6, 6.07) is 20.8. The number of anilines is 1. The van der Waals surface area contributed by atoms with Crippen LogP contribution < -0.4 is 10.1 Å². The van der Waals surface area contributed by atoms with Gasteiger partial charge in [0.1, 0.15) is 0 Å². The van der Waals surface area contributed by atoms with Gasteiger partial charge in [-0.15, -0.1) is 0 Å². The lowest BCUT2D eigenvalue weighted by Gasteiger charge is -2.14. The molecule has 0 fully saturated rings. The Balaban J connectivity index is 1.54. The second-order valence-corrected chi connectivity index (χ2v) is 8.12. The fraction of sp³-hybridized carbons (Fsp3) is 0.222. The molecule has 4 aromatic rings. The van der Waals surface area contributed by atoms with Crippen LogP contribution in [0.1, 0.15) is 36.5 Å². The van der Waals surface area contributed by atoms with Crippen LogP contribution in [-0.2, 0) is 6.54 Å². The van der Waals surface area contributed by atoms with E-state index in [0.29, 0.717) is 29.9 Å². The van der Waals surface area contributed by atoms with Gasteiger partial charge in [0.15, 0.2) is 17.4 Å². The molecule has 0 radical (unpaired) electrons. The summed E-state index contributed by atoms with van der Waals surface area (Å²) in [5.74, 6) is 2.38. The number of ether oxygens (including phenoxy) is 1. The molecule has 2 heterocycles. The minimum atomic E-state index is 0.384. The van der Waals surface area contributed by atoms with E-state index in [4.69, 9.17) is 9.72 Å². The molecule has 0 aliphatic rings. The molecule has 0 aliphatic carbocycles. The zero-order chi connectivity index (χ0) is 22.5. The maximum atomic E-state index is 5.49. The summed E-state index contributed by atoms with van der Waals surface area (Å²) in [6.45, 7) is 7.02. The molecule has 0 saturated heterocycles. The van der Waals surface area contributed by atoms with E-state index < -0.39 is 0 Å². The lowest BCUT2D eigenvalue weighted by atomic mass is 9.97. The number of aryl methyl sites for hydroxylation is 1. The first-order chi connectivity index (χ1) is 15.5. The van der Waals surface area contributed by atoms with Gasteiger partial charge in [-0.3, -0.25) is 4.98 Å². The van der Waals surface area contributed by atoms with Crippen molar-refractivity contribution in [2.24, 2.45) is 0 Å². The first kappa shape index (κ1) is 21.5. The van der Waals surface area contributed by atoms with E-state index in [0.717, 1.165) is 27.9 Å². The molecule has 5 nitrogen and oxygen atoms in total. The van der Waals surface area contributed by atoms with Crippen LogP contribution in [0.25, 0.3) is 22.6 Å². The highest BCUT2D eigenvalue weighted by molar-refractivity contribution is 5.64. The highest BCUT2D eigenvalue weighted by atomic mass is 16.5. The summed E-state index contributed by atoms with van der Waals surface area (Å²) < 4.78 is 5.49. The normalized spacial score (nSPS) is 10.9. The molecular weight excluding hydrogens is 396 g/mol. The van der Waals surface area contributed by atoms with Gasteiger partial charge < -0.3 is 10.1 Å². The molecule has 0 spiro atoms. The highest BCUT2D eigenvalue weighted by Crippen LogP contribution is 2.30. The molecular formula is C27H28N4O. The third-order valence-electron chi connectivity index (χ3n) is 5.42. The smallest absolute Gasteiger partial charge is 0.179 e. The van der Waals surface area contributed by atoms with E-state index in [-0.39, 0.29) is 0 Å². The maximum Gasteiger partial charge on any atom is 0.179 e. The van der Waals surface area contributed by atoms with Crippen LogP contribution in [0.2, 0.25) is 0 Å². The Bertz CT molecular complexity index is 1190. The highest BCUT2D eigenvalue weighted by Gasteiger charge is 2.14. The lowest BCUT2D eigenvalue weighted by Crippen LogP contribution is -2.06. The van der Waals surface area contributed by atoms with Gasteiger partial charge >= 0.3 is 0 Å². The Morgan fingerprint density at radius 2 is 1.69 bits per heavy atom. The van der Waals surface area contributed by atoms with Gasteiger partial charge in [-0.25, -0.2) is 9.97 Å². The second kappa shape index (κ2) is 9.60. The summed E-state index contributed by atoms with van der Waals surface area (Å²) in [5, 5.41) is 3.41. The van der Waals surface area contributed by atoms with E-state index in [2.05, 4.69) is 77.7 Å². The Kier molecular flexibility index (Phi) is 6.45. The average molecular weight is 425 g/mol. The van der Waals surface area contributed by atoms with Crippen molar-refractivity contribution in [2.75, 3.05) is 12.4 Å². The molecule has 4 rings (SSSR count). The Hall–Kier alpha value is -3.73. The van der Waals surface area contributed by atoms with Crippen molar-refractivity contribution in [1.29, 1.82) is 0 Å². The van der Waals surface area contributed by atoms with Gasteiger partial charge in [-0.2, -0.15) is 0 Å².